The van der Waals surface area contributed by atoms with Crippen LogP contribution in [-0.2, 0) is 26.2 Å². The summed E-state index contributed by atoms with van der Waals surface area (Å²) >= 11 is 0. The molecule has 9 heteroatoms. The van der Waals surface area contributed by atoms with Crippen LogP contribution in [0.15, 0.2) is 83.8 Å². The van der Waals surface area contributed by atoms with Gasteiger partial charge in [0.1, 0.15) is 18.4 Å². The number of nitrogens with one attached hydrogen (secondary N) is 1. The SMILES string of the molecule is CCNC(=O)[C@@H](C)N(Cc1ccccc1C)C(=O)CN(c1ccccc1F)S(=O)(=O)c1ccccc1. The first-order valence-corrected chi connectivity index (χ1v) is 13.0. The third-order valence-corrected chi connectivity index (χ3v) is 7.63. The number of amides is 2. The number of rotatable bonds is 10. The van der Waals surface area contributed by atoms with Gasteiger partial charge in [0.2, 0.25) is 11.8 Å². The number of aryl methyl sites for hydroxylation is 1. The Bertz CT molecular complexity index is 1320. The molecule has 0 aromatic heterocycles. The van der Waals surface area contributed by atoms with Crippen molar-refractivity contribution in [3.05, 3.63) is 95.8 Å². The van der Waals surface area contributed by atoms with E-state index in [1.54, 1.807) is 32.0 Å². The monoisotopic (exact) mass is 511 g/mol. The highest BCUT2D eigenvalue weighted by atomic mass is 32.2. The van der Waals surface area contributed by atoms with Crippen LogP contribution >= 0.6 is 0 Å². The molecule has 0 radical (unpaired) electrons. The summed E-state index contributed by atoms with van der Waals surface area (Å²) in [5.74, 6) is -1.80. The lowest BCUT2D eigenvalue weighted by atomic mass is 10.1. The van der Waals surface area contributed by atoms with Crippen LogP contribution in [-0.4, -0.2) is 44.3 Å². The van der Waals surface area contributed by atoms with Gasteiger partial charge in [-0.25, -0.2) is 12.8 Å². The summed E-state index contributed by atoms with van der Waals surface area (Å²) in [5, 5.41) is 2.71. The molecule has 0 saturated heterocycles. The molecular formula is C27H30FN3O4S. The van der Waals surface area contributed by atoms with E-state index >= 15 is 0 Å². The van der Waals surface area contributed by atoms with Crippen LogP contribution < -0.4 is 9.62 Å². The molecule has 190 valence electrons. The number of nitrogens with zero attached hydrogens (tertiary/aromatic N) is 2. The Morgan fingerprint density at radius 2 is 1.56 bits per heavy atom. The molecular weight excluding hydrogens is 481 g/mol. The van der Waals surface area contributed by atoms with E-state index in [2.05, 4.69) is 5.32 Å². The van der Waals surface area contributed by atoms with E-state index in [1.165, 1.54) is 35.2 Å². The maximum absolute atomic E-state index is 14.8. The van der Waals surface area contributed by atoms with Crippen molar-refractivity contribution < 1.29 is 22.4 Å². The fraction of sp³-hybridized carbons (Fsp3) is 0.259. The van der Waals surface area contributed by atoms with E-state index in [0.717, 1.165) is 21.5 Å². The number of carbonyl (C=O) groups excluding carboxylic acids is 2. The first-order chi connectivity index (χ1) is 17.2. The van der Waals surface area contributed by atoms with Gasteiger partial charge in [0.15, 0.2) is 0 Å². The fourth-order valence-electron chi connectivity index (χ4n) is 3.76. The van der Waals surface area contributed by atoms with Crippen molar-refractivity contribution in [1.82, 2.24) is 10.2 Å². The van der Waals surface area contributed by atoms with Crippen molar-refractivity contribution in [3.63, 3.8) is 0 Å². The average Bonchev–Trinajstić information content (AvgIpc) is 2.87. The molecule has 0 unspecified atom stereocenters. The molecule has 1 atom stereocenters. The number of hydrogen-bond acceptors (Lipinski definition) is 4. The molecule has 0 bridgehead atoms. The number of benzene rings is 3. The minimum absolute atomic E-state index is 0.0803. The molecule has 36 heavy (non-hydrogen) atoms. The Morgan fingerprint density at radius 3 is 2.19 bits per heavy atom. The third kappa shape index (κ3) is 6.09. The second kappa shape index (κ2) is 11.8. The van der Waals surface area contributed by atoms with Crippen molar-refractivity contribution in [2.75, 3.05) is 17.4 Å². The van der Waals surface area contributed by atoms with Gasteiger partial charge >= 0.3 is 0 Å². The van der Waals surface area contributed by atoms with Gasteiger partial charge in [-0.15, -0.1) is 0 Å². The molecule has 0 heterocycles. The second-order valence-corrected chi connectivity index (χ2v) is 10.2. The maximum atomic E-state index is 14.8. The molecule has 0 aliphatic heterocycles. The second-order valence-electron chi connectivity index (χ2n) is 8.29. The van der Waals surface area contributed by atoms with Gasteiger partial charge in [-0.3, -0.25) is 13.9 Å². The molecule has 3 aromatic rings. The van der Waals surface area contributed by atoms with Gasteiger partial charge in [0.05, 0.1) is 10.6 Å². The fourth-order valence-corrected chi connectivity index (χ4v) is 5.21. The van der Waals surface area contributed by atoms with Gasteiger partial charge in [-0.1, -0.05) is 54.6 Å². The number of anilines is 1. The predicted molar refractivity (Wildman–Crippen MR) is 137 cm³/mol. The molecule has 0 aliphatic rings. The van der Waals surface area contributed by atoms with Crippen molar-refractivity contribution in [1.29, 1.82) is 0 Å². The van der Waals surface area contributed by atoms with Crippen molar-refractivity contribution in [2.45, 2.75) is 38.3 Å². The van der Waals surface area contributed by atoms with Crippen molar-refractivity contribution in [2.24, 2.45) is 0 Å². The van der Waals surface area contributed by atoms with Crippen LogP contribution in [0.4, 0.5) is 10.1 Å². The number of hydrogen-bond donors (Lipinski definition) is 1. The summed E-state index contributed by atoms with van der Waals surface area (Å²) in [7, 11) is -4.30. The number of likely N-dealkylation sites (N-methyl/N-ethyl adjacent to an activating group) is 1. The molecule has 1 N–H and O–H groups in total. The zero-order valence-corrected chi connectivity index (χ0v) is 21.3. The molecule has 7 nitrogen and oxygen atoms in total. The summed E-state index contributed by atoms with van der Waals surface area (Å²) in [6, 6.07) is 19.5. The summed E-state index contributed by atoms with van der Waals surface area (Å²) in [5.41, 5.74) is 1.47. The van der Waals surface area contributed by atoms with E-state index in [4.69, 9.17) is 0 Å². The molecule has 0 aliphatic carbocycles. The summed E-state index contributed by atoms with van der Waals surface area (Å²) in [4.78, 5) is 27.6. The Morgan fingerprint density at radius 1 is 0.944 bits per heavy atom. The van der Waals surface area contributed by atoms with E-state index in [0.29, 0.717) is 6.54 Å². The van der Waals surface area contributed by atoms with Crippen LogP contribution in [0.25, 0.3) is 0 Å². The van der Waals surface area contributed by atoms with Crippen molar-refractivity contribution in [3.8, 4) is 0 Å². The zero-order chi connectivity index (χ0) is 26.3. The highest BCUT2D eigenvalue weighted by Crippen LogP contribution is 2.27. The molecule has 0 saturated carbocycles. The Labute approximate surface area is 211 Å². The van der Waals surface area contributed by atoms with Gasteiger partial charge < -0.3 is 10.2 Å². The molecule has 0 fully saturated rings. The lowest BCUT2D eigenvalue weighted by molar-refractivity contribution is -0.139. The van der Waals surface area contributed by atoms with Gasteiger partial charge in [0.25, 0.3) is 10.0 Å². The van der Waals surface area contributed by atoms with E-state index in [1.807, 2.05) is 31.2 Å². The van der Waals surface area contributed by atoms with Crippen LogP contribution in [0, 0.1) is 12.7 Å². The lowest BCUT2D eigenvalue weighted by Crippen LogP contribution is -2.51. The first kappa shape index (κ1) is 26.9. The van der Waals surface area contributed by atoms with Crippen LogP contribution in [0.1, 0.15) is 25.0 Å². The van der Waals surface area contributed by atoms with Gasteiger partial charge in [-0.05, 0) is 56.2 Å². The number of carbonyl (C=O) groups is 2. The largest absolute Gasteiger partial charge is 0.355 e. The Kier molecular flexibility index (Phi) is 8.82. The zero-order valence-electron chi connectivity index (χ0n) is 20.5. The lowest BCUT2D eigenvalue weighted by Gasteiger charge is -2.32. The van der Waals surface area contributed by atoms with E-state index < -0.39 is 34.3 Å². The average molecular weight is 512 g/mol. The highest BCUT2D eigenvalue weighted by Gasteiger charge is 2.33. The minimum atomic E-state index is -4.30. The minimum Gasteiger partial charge on any atom is -0.355 e. The van der Waals surface area contributed by atoms with Crippen LogP contribution in [0.2, 0.25) is 0 Å². The summed E-state index contributed by atoms with van der Waals surface area (Å²) < 4.78 is 42.7. The number of para-hydroxylation sites is 1. The van der Waals surface area contributed by atoms with E-state index in [9.17, 15) is 22.4 Å². The van der Waals surface area contributed by atoms with Crippen molar-refractivity contribution >= 4 is 27.5 Å². The van der Waals surface area contributed by atoms with Crippen LogP contribution in [0.5, 0.6) is 0 Å². The number of halogens is 1. The summed E-state index contributed by atoms with van der Waals surface area (Å²) in [6.45, 7) is 5.01. The highest BCUT2D eigenvalue weighted by molar-refractivity contribution is 7.92. The Hall–Kier alpha value is -3.72. The standard InChI is InChI=1S/C27H30FN3O4S/c1-4-29-27(33)21(3)30(18-22-13-9-8-12-20(22)2)26(32)19-31(25-17-11-10-16-24(25)28)36(34,35)23-14-6-5-7-15-23/h5-17,21H,4,18-19H2,1-3H3,(H,29,33)/t21-/m1/s1. The normalized spacial score (nSPS) is 12.0. The quantitative estimate of drug-likeness (QED) is 0.448. The maximum Gasteiger partial charge on any atom is 0.264 e. The smallest absolute Gasteiger partial charge is 0.264 e. The molecule has 3 rings (SSSR count). The predicted octanol–water partition coefficient (Wildman–Crippen LogP) is 3.88. The van der Waals surface area contributed by atoms with E-state index in [-0.39, 0.29) is 23.0 Å². The van der Waals surface area contributed by atoms with Gasteiger partial charge in [0, 0.05) is 13.1 Å². The Balaban J connectivity index is 2.04. The van der Waals surface area contributed by atoms with Crippen LogP contribution in [0.3, 0.4) is 0 Å². The topological polar surface area (TPSA) is 86.8 Å². The first-order valence-electron chi connectivity index (χ1n) is 11.6. The number of sulfonamides is 1. The summed E-state index contributed by atoms with van der Waals surface area (Å²) in [6.07, 6.45) is 0. The van der Waals surface area contributed by atoms with Gasteiger partial charge in [-0.2, -0.15) is 0 Å². The molecule has 3 aromatic carbocycles. The third-order valence-electron chi connectivity index (χ3n) is 5.85. The molecule has 2 amide bonds. The molecule has 0 spiro atoms.